The number of hydrogen-bond acceptors (Lipinski definition) is 4. The maximum atomic E-state index is 12.6. The highest BCUT2D eigenvalue weighted by molar-refractivity contribution is 5.94. The van der Waals surface area contributed by atoms with Crippen LogP contribution in [0.15, 0.2) is 18.2 Å². The van der Waals surface area contributed by atoms with Crippen LogP contribution in [0.25, 0.3) is 0 Å². The molecule has 1 aromatic carbocycles. The first-order chi connectivity index (χ1) is 11.5. The molecule has 1 N–H and O–H groups in total. The SMILES string of the molecule is CCOc1ccc(C(=O)NCC2(N(C)C)CCCC2)cc1OCC. The Morgan fingerprint density at radius 2 is 1.75 bits per heavy atom. The summed E-state index contributed by atoms with van der Waals surface area (Å²) in [4.78, 5) is 14.8. The third-order valence-electron chi connectivity index (χ3n) is 4.87. The van der Waals surface area contributed by atoms with E-state index < -0.39 is 0 Å². The van der Waals surface area contributed by atoms with Crippen LogP contribution in [-0.4, -0.2) is 50.2 Å². The van der Waals surface area contributed by atoms with Gasteiger partial charge in [-0.15, -0.1) is 0 Å². The van der Waals surface area contributed by atoms with Gasteiger partial charge < -0.3 is 19.7 Å². The van der Waals surface area contributed by atoms with Crippen molar-refractivity contribution in [2.45, 2.75) is 45.1 Å². The third-order valence-corrected chi connectivity index (χ3v) is 4.87. The molecule has 0 atom stereocenters. The summed E-state index contributed by atoms with van der Waals surface area (Å²) in [5.41, 5.74) is 0.692. The van der Waals surface area contributed by atoms with Crippen molar-refractivity contribution in [2.24, 2.45) is 0 Å². The minimum absolute atomic E-state index is 0.0628. The molecule has 1 fully saturated rings. The van der Waals surface area contributed by atoms with Crippen LogP contribution >= 0.6 is 0 Å². The van der Waals surface area contributed by atoms with E-state index in [0.29, 0.717) is 36.8 Å². The summed E-state index contributed by atoms with van der Waals surface area (Å²) in [6.07, 6.45) is 4.72. The lowest BCUT2D eigenvalue weighted by Gasteiger charge is -2.36. The Morgan fingerprint density at radius 3 is 2.33 bits per heavy atom. The first-order valence-electron chi connectivity index (χ1n) is 8.87. The highest BCUT2D eigenvalue weighted by Gasteiger charge is 2.36. The monoisotopic (exact) mass is 334 g/mol. The molecule has 0 radical (unpaired) electrons. The second kappa shape index (κ2) is 8.38. The summed E-state index contributed by atoms with van der Waals surface area (Å²) < 4.78 is 11.2. The zero-order valence-electron chi connectivity index (χ0n) is 15.4. The van der Waals surface area contributed by atoms with Crippen molar-refractivity contribution in [3.05, 3.63) is 23.8 Å². The lowest BCUT2D eigenvalue weighted by Crippen LogP contribution is -2.50. The zero-order valence-corrected chi connectivity index (χ0v) is 15.4. The number of ether oxygens (including phenoxy) is 2. The van der Waals surface area contributed by atoms with Gasteiger partial charge in [0.05, 0.1) is 13.2 Å². The number of nitrogens with one attached hydrogen (secondary N) is 1. The van der Waals surface area contributed by atoms with Crippen LogP contribution < -0.4 is 14.8 Å². The van der Waals surface area contributed by atoms with Crippen molar-refractivity contribution in [1.29, 1.82) is 0 Å². The van der Waals surface area contributed by atoms with E-state index >= 15 is 0 Å². The topological polar surface area (TPSA) is 50.8 Å². The lowest BCUT2D eigenvalue weighted by molar-refractivity contribution is 0.0899. The molecule has 2 rings (SSSR count). The maximum absolute atomic E-state index is 12.6. The lowest BCUT2D eigenvalue weighted by atomic mass is 9.96. The average Bonchev–Trinajstić information content (AvgIpc) is 3.05. The van der Waals surface area contributed by atoms with Gasteiger partial charge in [0.2, 0.25) is 0 Å². The Labute approximate surface area is 145 Å². The van der Waals surface area contributed by atoms with Crippen LogP contribution in [0.4, 0.5) is 0 Å². The fourth-order valence-corrected chi connectivity index (χ4v) is 3.35. The number of carbonyl (C=O) groups is 1. The molecular weight excluding hydrogens is 304 g/mol. The Bertz CT molecular complexity index is 552. The van der Waals surface area contributed by atoms with Crippen LogP contribution in [-0.2, 0) is 0 Å². The number of likely N-dealkylation sites (N-methyl/N-ethyl adjacent to an activating group) is 1. The summed E-state index contributed by atoms with van der Waals surface area (Å²) in [6.45, 7) is 5.63. The molecule has 0 spiro atoms. The van der Waals surface area contributed by atoms with E-state index in [1.807, 2.05) is 13.8 Å². The second-order valence-corrected chi connectivity index (χ2v) is 6.54. The molecule has 1 amide bonds. The number of carbonyl (C=O) groups excluding carboxylic acids is 1. The van der Waals surface area contributed by atoms with Gasteiger partial charge in [0.15, 0.2) is 11.5 Å². The molecule has 0 aromatic heterocycles. The molecule has 134 valence electrons. The Hall–Kier alpha value is -1.75. The van der Waals surface area contributed by atoms with Gasteiger partial charge >= 0.3 is 0 Å². The number of hydrogen-bond donors (Lipinski definition) is 1. The van der Waals surface area contributed by atoms with Crippen molar-refractivity contribution >= 4 is 5.91 Å². The number of benzene rings is 1. The van der Waals surface area contributed by atoms with E-state index in [-0.39, 0.29) is 11.4 Å². The summed E-state index contributed by atoms with van der Waals surface area (Å²) in [6, 6.07) is 5.36. The van der Waals surface area contributed by atoms with Crippen molar-refractivity contribution in [1.82, 2.24) is 10.2 Å². The van der Waals surface area contributed by atoms with Crippen LogP contribution in [0.3, 0.4) is 0 Å². The van der Waals surface area contributed by atoms with Gasteiger partial charge in [-0.25, -0.2) is 0 Å². The largest absolute Gasteiger partial charge is 0.490 e. The highest BCUT2D eigenvalue weighted by atomic mass is 16.5. The molecule has 1 aliphatic carbocycles. The van der Waals surface area contributed by atoms with E-state index in [2.05, 4.69) is 24.3 Å². The molecule has 1 saturated carbocycles. The van der Waals surface area contributed by atoms with E-state index in [1.165, 1.54) is 12.8 Å². The van der Waals surface area contributed by atoms with Gasteiger partial charge in [0, 0.05) is 17.6 Å². The highest BCUT2D eigenvalue weighted by Crippen LogP contribution is 2.33. The fourth-order valence-electron chi connectivity index (χ4n) is 3.35. The Balaban J connectivity index is 2.07. The summed E-state index contributed by atoms with van der Waals surface area (Å²) >= 11 is 0. The van der Waals surface area contributed by atoms with Crippen LogP contribution in [0, 0.1) is 0 Å². The smallest absolute Gasteiger partial charge is 0.251 e. The van der Waals surface area contributed by atoms with E-state index in [1.54, 1.807) is 18.2 Å². The predicted octanol–water partition coefficient (Wildman–Crippen LogP) is 3.09. The van der Waals surface area contributed by atoms with Crippen LogP contribution in [0.5, 0.6) is 11.5 Å². The average molecular weight is 334 g/mol. The predicted molar refractivity (Wildman–Crippen MR) is 96.0 cm³/mol. The molecule has 1 aliphatic rings. The summed E-state index contributed by atoms with van der Waals surface area (Å²) in [7, 11) is 4.20. The second-order valence-electron chi connectivity index (χ2n) is 6.54. The van der Waals surface area contributed by atoms with Crippen molar-refractivity contribution < 1.29 is 14.3 Å². The quantitative estimate of drug-likeness (QED) is 0.794. The Kier molecular flexibility index (Phi) is 6.49. The van der Waals surface area contributed by atoms with Gasteiger partial charge in [-0.05, 0) is 59.0 Å². The van der Waals surface area contributed by atoms with Gasteiger partial charge in [-0.1, -0.05) is 12.8 Å². The minimum atomic E-state index is -0.0628. The maximum Gasteiger partial charge on any atom is 0.251 e. The van der Waals surface area contributed by atoms with Crippen molar-refractivity contribution in [3.8, 4) is 11.5 Å². The molecule has 0 heterocycles. The molecule has 0 bridgehead atoms. The Morgan fingerprint density at radius 1 is 1.12 bits per heavy atom. The molecule has 5 heteroatoms. The van der Waals surface area contributed by atoms with E-state index in [0.717, 1.165) is 12.8 Å². The molecule has 1 aromatic rings. The van der Waals surface area contributed by atoms with Gasteiger partial charge in [0.1, 0.15) is 0 Å². The first kappa shape index (κ1) is 18.6. The van der Waals surface area contributed by atoms with Gasteiger partial charge in [0.25, 0.3) is 5.91 Å². The summed E-state index contributed by atoms with van der Waals surface area (Å²) in [5, 5.41) is 3.11. The van der Waals surface area contributed by atoms with Crippen LogP contribution in [0.1, 0.15) is 49.9 Å². The standard InChI is InChI=1S/C19H30N2O3/c1-5-23-16-10-9-15(13-17(16)24-6-2)18(22)20-14-19(21(3)4)11-7-8-12-19/h9-10,13H,5-8,11-12,14H2,1-4H3,(H,20,22). The molecule has 24 heavy (non-hydrogen) atoms. The normalized spacial score (nSPS) is 16.2. The number of rotatable bonds is 8. The van der Waals surface area contributed by atoms with Gasteiger partial charge in [-0.2, -0.15) is 0 Å². The minimum Gasteiger partial charge on any atom is -0.490 e. The number of nitrogens with zero attached hydrogens (tertiary/aromatic N) is 1. The van der Waals surface area contributed by atoms with E-state index in [9.17, 15) is 4.79 Å². The third kappa shape index (κ3) is 4.20. The molecule has 0 saturated heterocycles. The van der Waals surface area contributed by atoms with Crippen LogP contribution in [0.2, 0.25) is 0 Å². The molecule has 0 unspecified atom stereocenters. The zero-order chi connectivity index (χ0) is 17.6. The molecule has 0 aliphatic heterocycles. The van der Waals surface area contributed by atoms with Gasteiger partial charge in [-0.3, -0.25) is 4.79 Å². The van der Waals surface area contributed by atoms with E-state index in [4.69, 9.17) is 9.47 Å². The molecular formula is C19H30N2O3. The summed E-state index contributed by atoms with van der Waals surface area (Å²) in [5.74, 6) is 1.23. The number of amides is 1. The first-order valence-corrected chi connectivity index (χ1v) is 8.87. The van der Waals surface area contributed by atoms with Crippen molar-refractivity contribution in [3.63, 3.8) is 0 Å². The molecule has 5 nitrogen and oxygen atoms in total. The van der Waals surface area contributed by atoms with Crippen molar-refractivity contribution in [2.75, 3.05) is 33.9 Å². The fraction of sp³-hybridized carbons (Fsp3) is 0.632.